The minimum atomic E-state index is 0.150. The van der Waals surface area contributed by atoms with Crippen LogP contribution < -0.4 is 5.56 Å². The summed E-state index contributed by atoms with van der Waals surface area (Å²) in [5.74, 6) is 0.581. The first-order valence-electron chi connectivity index (χ1n) is 10.6. The summed E-state index contributed by atoms with van der Waals surface area (Å²) in [6, 6.07) is 0.524. The topological polar surface area (TPSA) is 56.0 Å². The number of fused-ring (bicyclic) bond motifs is 3. The van der Waals surface area contributed by atoms with Crippen LogP contribution in [0.3, 0.4) is 0 Å². The molecule has 0 unspecified atom stereocenters. The molecule has 3 aromatic heterocycles. The van der Waals surface area contributed by atoms with E-state index in [2.05, 4.69) is 42.1 Å². The third-order valence-corrected chi connectivity index (χ3v) is 7.25. The van der Waals surface area contributed by atoms with E-state index in [-0.39, 0.29) is 5.56 Å². The van der Waals surface area contributed by atoms with Gasteiger partial charge in [0, 0.05) is 37.3 Å². The second-order valence-corrected chi connectivity index (χ2v) is 9.84. The van der Waals surface area contributed by atoms with Crippen LogP contribution >= 0.6 is 11.3 Å². The summed E-state index contributed by atoms with van der Waals surface area (Å²) in [6.45, 7) is 6.16. The minimum absolute atomic E-state index is 0.150. The van der Waals surface area contributed by atoms with Crippen molar-refractivity contribution in [2.24, 2.45) is 13.0 Å². The van der Waals surface area contributed by atoms with Crippen LogP contribution in [-0.4, -0.2) is 43.9 Å². The van der Waals surface area contributed by atoms with Gasteiger partial charge in [0.1, 0.15) is 4.83 Å². The molecule has 0 aromatic carbocycles. The van der Waals surface area contributed by atoms with Crippen molar-refractivity contribution >= 4 is 21.6 Å². The van der Waals surface area contributed by atoms with Crippen LogP contribution in [0.25, 0.3) is 10.2 Å². The zero-order chi connectivity index (χ0) is 20.5. The Morgan fingerprint density at radius 3 is 2.93 bits per heavy atom. The van der Waals surface area contributed by atoms with Gasteiger partial charge in [-0.1, -0.05) is 13.8 Å². The van der Waals surface area contributed by atoms with E-state index in [9.17, 15) is 4.79 Å². The molecule has 3 heterocycles. The normalized spacial score (nSPS) is 16.8. The van der Waals surface area contributed by atoms with Gasteiger partial charge in [0.25, 0.3) is 5.56 Å². The molecule has 0 aliphatic heterocycles. The Balaban J connectivity index is 1.49. The fraction of sp³-hybridized carbons (Fsp3) is 0.591. The van der Waals surface area contributed by atoms with Crippen molar-refractivity contribution in [1.82, 2.24) is 24.2 Å². The minimum Gasteiger partial charge on any atom is -0.303 e. The molecule has 29 heavy (non-hydrogen) atoms. The van der Waals surface area contributed by atoms with E-state index in [1.54, 1.807) is 22.2 Å². The second-order valence-electron chi connectivity index (χ2n) is 8.76. The maximum absolute atomic E-state index is 13.1. The lowest BCUT2D eigenvalue weighted by Gasteiger charge is -2.31. The Hall–Kier alpha value is -1.99. The lowest BCUT2D eigenvalue weighted by molar-refractivity contribution is 0.226. The van der Waals surface area contributed by atoms with Crippen LogP contribution in [0.4, 0.5) is 0 Å². The average Bonchev–Trinajstić information content (AvgIpc) is 3.28. The molecule has 0 saturated heterocycles. The van der Waals surface area contributed by atoms with E-state index in [0.717, 1.165) is 55.4 Å². The molecule has 1 aliphatic carbocycles. The number of aromatic nitrogens is 4. The fourth-order valence-electron chi connectivity index (χ4n) is 4.21. The van der Waals surface area contributed by atoms with Crippen LogP contribution in [0.2, 0.25) is 0 Å². The standard InChI is InChI=1S/C22H31N5OS/c1-15(2)7-10-27-14-23-21-20(22(27)28)18-6-5-17(11-19(18)29-21)25(3)9-8-16-12-24-26(4)13-16/h12-15,17H,5-11H2,1-4H3/t17-/m0/s1. The molecule has 0 bridgehead atoms. The molecule has 6 nitrogen and oxygen atoms in total. The summed E-state index contributed by atoms with van der Waals surface area (Å²) in [7, 11) is 4.18. The van der Waals surface area contributed by atoms with Gasteiger partial charge in [-0.05, 0) is 56.2 Å². The highest BCUT2D eigenvalue weighted by Gasteiger charge is 2.27. The first-order valence-corrected chi connectivity index (χ1v) is 11.4. The smallest absolute Gasteiger partial charge is 0.262 e. The molecular formula is C22H31N5OS. The number of hydrogen-bond acceptors (Lipinski definition) is 5. The number of thiophene rings is 1. The van der Waals surface area contributed by atoms with Crippen LogP contribution in [0.5, 0.6) is 0 Å². The number of nitrogens with zero attached hydrogens (tertiary/aromatic N) is 5. The summed E-state index contributed by atoms with van der Waals surface area (Å²) < 4.78 is 3.67. The van der Waals surface area contributed by atoms with Gasteiger partial charge in [0.15, 0.2) is 0 Å². The largest absolute Gasteiger partial charge is 0.303 e. The molecular weight excluding hydrogens is 382 g/mol. The second kappa shape index (κ2) is 8.40. The Morgan fingerprint density at radius 2 is 2.21 bits per heavy atom. The number of likely N-dealkylation sites (N-methyl/N-ethyl adjacent to an activating group) is 1. The van der Waals surface area contributed by atoms with Gasteiger partial charge in [-0.25, -0.2) is 4.98 Å². The maximum Gasteiger partial charge on any atom is 0.262 e. The van der Waals surface area contributed by atoms with Crippen molar-refractivity contribution in [2.45, 2.75) is 58.5 Å². The summed E-state index contributed by atoms with van der Waals surface area (Å²) in [4.78, 5) is 22.4. The molecule has 0 amide bonds. The number of hydrogen-bond donors (Lipinski definition) is 0. The first-order chi connectivity index (χ1) is 13.9. The van der Waals surface area contributed by atoms with Gasteiger partial charge in [-0.15, -0.1) is 11.3 Å². The molecule has 0 spiro atoms. The average molecular weight is 414 g/mol. The Bertz CT molecular complexity index is 1050. The van der Waals surface area contributed by atoms with Crippen LogP contribution in [0.15, 0.2) is 23.5 Å². The molecule has 156 valence electrons. The summed E-state index contributed by atoms with van der Waals surface area (Å²) in [6.07, 6.45) is 10.9. The van der Waals surface area contributed by atoms with E-state index in [1.807, 2.05) is 17.9 Å². The van der Waals surface area contributed by atoms with Gasteiger partial charge < -0.3 is 4.90 Å². The van der Waals surface area contributed by atoms with Crippen molar-refractivity contribution in [3.63, 3.8) is 0 Å². The Labute approximate surface area is 176 Å². The SMILES string of the molecule is CC(C)CCn1cnc2sc3c(c2c1=O)CC[C@H](N(C)CCc1cnn(C)c1)C3. The lowest BCUT2D eigenvalue weighted by Crippen LogP contribution is -2.37. The molecule has 0 radical (unpaired) electrons. The monoisotopic (exact) mass is 413 g/mol. The van der Waals surface area contributed by atoms with Gasteiger partial charge >= 0.3 is 0 Å². The van der Waals surface area contributed by atoms with E-state index < -0.39 is 0 Å². The summed E-state index contributed by atoms with van der Waals surface area (Å²) in [5.41, 5.74) is 2.69. The Kier molecular flexibility index (Phi) is 5.88. The maximum atomic E-state index is 13.1. The number of rotatable bonds is 7. The summed E-state index contributed by atoms with van der Waals surface area (Å²) >= 11 is 1.72. The first kappa shape index (κ1) is 20.3. The van der Waals surface area contributed by atoms with E-state index in [1.165, 1.54) is 16.0 Å². The quantitative estimate of drug-likeness (QED) is 0.597. The van der Waals surface area contributed by atoms with E-state index in [0.29, 0.717) is 12.0 Å². The third-order valence-electron chi connectivity index (χ3n) is 6.09. The van der Waals surface area contributed by atoms with Gasteiger partial charge in [-0.3, -0.25) is 14.0 Å². The van der Waals surface area contributed by atoms with Crippen LogP contribution in [0, 0.1) is 5.92 Å². The lowest BCUT2D eigenvalue weighted by atomic mass is 9.92. The van der Waals surface area contributed by atoms with Gasteiger partial charge in [0.05, 0.1) is 17.9 Å². The Morgan fingerprint density at radius 1 is 1.38 bits per heavy atom. The van der Waals surface area contributed by atoms with Gasteiger partial charge in [-0.2, -0.15) is 5.10 Å². The van der Waals surface area contributed by atoms with Gasteiger partial charge in [0.2, 0.25) is 0 Å². The number of aryl methyl sites for hydroxylation is 3. The zero-order valence-electron chi connectivity index (χ0n) is 17.9. The molecule has 0 fully saturated rings. The summed E-state index contributed by atoms with van der Waals surface area (Å²) in [5, 5.41) is 5.14. The third kappa shape index (κ3) is 4.31. The zero-order valence-corrected chi connectivity index (χ0v) is 18.7. The molecule has 4 rings (SSSR count). The van der Waals surface area contributed by atoms with Crippen molar-refractivity contribution in [3.05, 3.63) is 45.1 Å². The van der Waals surface area contributed by atoms with E-state index >= 15 is 0 Å². The molecule has 0 saturated carbocycles. The van der Waals surface area contributed by atoms with Crippen molar-refractivity contribution in [2.75, 3.05) is 13.6 Å². The molecule has 1 atom stereocenters. The molecule has 7 heteroatoms. The predicted octanol–water partition coefficient (Wildman–Crippen LogP) is 3.27. The predicted molar refractivity (Wildman–Crippen MR) is 119 cm³/mol. The van der Waals surface area contributed by atoms with Crippen LogP contribution in [0.1, 0.15) is 42.7 Å². The highest BCUT2D eigenvalue weighted by molar-refractivity contribution is 7.18. The van der Waals surface area contributed by atoms with Crippen LogP contribution in [-0.2, 0) is 32.9 Å². The molecule has 0 N–H and O–H groups in total. The van der Waals surface area contributed by atoms with Crippen molar-refractivity contribution in [1.29, 1.82) is 0 Å². The van der Waals surface area contributed by atoms with Crippen molar-refractivity contribution < 1.29 is 0 Å². The highest BCUT2D eigenvalue weighted by Crippen LogP contribution is 2.34. The van der Waals surface area contributed by atoms with Crippen molar-refractivity contribution in [3.8, 4) is 0 Å². The fourth-order valence-corrected chi connectivity index (χ4v) is 5.45. The molecule has 3 aromatic rings. The molecule has 1 aliphatic rings. The highest BCUT2D eigenvalue weighted by atomic mass is 32.1. The van der Waals surface area contributed by atoms with E-state index in [4.69, 9.17) is 0 Å².